The SMILES string of the molecule is CCc1nn(C)cc1-c1cccc(C(N)CC)c1. The van der Waals surface area contributed by atoms with E-state index in [0.717, 1.165) is 18.5 Å². The van der Waals surface area contributed by atoms with Crippen molar-refractivity contribution in [2.75, 3.05) is 0 Å². The first-order chi connectivity index (χ1) is 8.65. The quantitative estimate of drug-likeness (QED) is 0.897. The van der Waals surface area contributed by atoms with Crippen LogP contribution in [-0.4, -0.2) is 9.78 Å². The molecule has 0 aliphatic heterocycles. The van der Waals surface area contributed by atoms with Gasteiger partial charge in [-0.25, -0.2) is 0 Å². The highest BCUT2D eigenvalue weighted by molar-refractivity contribution is 5.66. The summed E-state index contributed by atoms with van der Waals surface area (Å²) < 4.78 is 1.88. The van der Waals surface area contributed by atoms with E-state index >= 15 is 0 Å². The third-order valence-electron chi connectivity index (χ3n) is 3.31. The average Bonchev–Trinajstić information content (AvgIpc) is 2.79. The second-order valence-electron chi connectivity index (χ2n) is 4.66. The smallest absolute Gasteiger partial charge is 0.0700 e. The molecule has 1 heterocycles. The largest absolute Gasteiger partial charge is 0.324 e. The first kappa shape index (κ1) is 12.8. The van der Waals surface area contributed by atoms with Crippen molar-refractivity contribution in [3.8, 4) is 11.1 Å². The van der Waals surface area contributed by atoms with E-state index in [0.29, 0.717) is 0 Å². The lowest BCUT2D eigenvalue weighted by molar-refractivity contribution is 0.699. The molecular weight excluding hydrogens is 222 g/mol. The van der Waals surface area contributed by atoms with Crippen LogP contribution in [0.5, 0.6) is 0 Å². The lowest BCUT2D eigenvalue weighted by Crippen LogP contribution is -2.08. The van der Waals surface area contributed by atoms with E-state index in [2.05, 4.69) is 49.4 Å². The van der Waals surface area contributed by atoms with E-state index in [9.17, 15) is 0 Å². The van der Waals surface area contributed by atoms with Crippen molar-refractivity contribution in [3.05, 3.63) is 41.7 Å². The standard InChI is InChI=1S/C15H21N3/c1-4-14(16)12-8-6-7-11(9-12)13-10-18(3)17-15(13)5-2/h6-10,14H,4-5,16H2,1-3H3. The van der Waals surface area contributed by atoms with Crippen LogP contribution in [-0.2, 0) is 13.5 Å². The molecule has 0 saturated carbocycles. The third-order valence-corrected chi connectivity index (χ3v) is 3.31. The van der Waals surface area contributed by atoms with Crippen LogP contribution in [0, 0.1) is 0 Å². The highest BCUT2D eigenvalue weighted by Crippen LogP contribution is 2.26. The van der Waals surface area contributed by atoms with Crippen molar-refractivity contribution in [3.63, 3.8) is 0 Å². The Kier molecular flexibility index (Phi) is 3.82. The lowest BCUT2D eigenvalue weighted by Gasteiger charge is -2.10. The van der Waals surface area contributed by atoms with Gasteiger partial charge in [-0.05, 0) is 30.0 Å². The van der Waals surface area contributed by atoms with Crippen LogP contribution in [0.2, 0.25) is 0 Å². The zero-order valence-electron chi connectivity index (χ0n) is 11.4. The Hall–Kier alpha value is -1.61. The molecule has 0 amide bonds. The van der Waals surface area contributed by atoms with Gasteiger partial charge < -0.3 is 5.73 Å². The van der Waals surface area contributed by atoms with Crippen molar-refractivity contribution in [1.82, 2.24) is 9.78 Å². The van der Waals surface area contributed by atoms with Crippen molar-refractivity contribution in [1.29, 1.82) is 0 Å². The molecule has 0 bridgehead atoms. The van der Waals surface area contributed by atoms with Gasteiger partial charge in [-0.15, -0.1) is 0 Å². The maximum Gasteiger partial charge on any atom is 0.0700 e. The molecule has 0 aliphatic rings. The van der Waals surface area contributed by atoms with Crippen LogP contribution < -0.4 is 5.73 Å². The number of aromatic nitrogens is 2. The Morgan fingerprint density at radius 1 is 1.33 bits per heavy atom. The first-order valence-electron chi connectivity index (χ1n) is 6.54. The maximum atomic E-state index is 6.10. The zero-order valence-corrected chi connectivity index (χ0v) is 11.4. The highest BCUT2D eigenvalue weighted by Gasteiger charge is 2.10. The van der Waals surface area contributed by atoms with Gasteiger partial charge in [0.2, 0.25) is 0 Å². The van der Waals surface area contributed by atoms with Crippen molar-refractivity contribution >= 4 is 0 Å². The minimum absolute atomic E-state index is 0.117. The van der Waals surface area contributed by atoms with Crippen LogP contribution in [0.25, 0.3) is 11.1 Å². The number of rotatable bonds is 4. The van der Waals surface area contributed by atoms with E-state index < -0.39 is 0 Å². The summed E-state index contributed by atoms with van der Waals surface area (Å²) in [6.07, 6.45) is 3.98. The Bertz CT molecular complexity index is 528. The number of aryl methyl sites for hydroxylation is 2. The maximum absolute atomic E-state index is 6.10. The summed E-state index contributed by atoms with van der Waals surface area (Å²) in [5.41, 5.74) is 10.9. The van der Waals surface area contributed by atoms with Gasteiger partial charge >= 0.3 is 0 Å². The summed E-state index contributed by atoms with van der Waals surface area (Å²) in [6.45, 7) is 4.24. The van der Waals surface area contributed by atoms with Crippen LogP contribution in [0.3, 0.4) is 0 Å². The predicted molar refractivity (Wildman–Crippen MR) is 75.2 cm³/mol. The molecule has 3 heteroatoms. The zero-order chi connectivity index (χ0) is 13.1. The Labute approximate surface area is 109 Å². The van der Waals surface area contributed by atoms with Gasteiger partial charge in [0, 0.05) is 24.8 Å². The van der Waals surface area contributed by atoms with E-state index in [4.69, 9.17) is 5.73 Å². The number of hydrogen-bond donors (Lipinski definition) is 1. The molecule has 0 spiro atoms. The van der Waals surface area contributed by atoms with Crippen LogP contribution in [0.1, 0.15) is 37.6 Å². The fourth-order valence-corrected chi connectivity index (χ4v) is 2.21. The number of nitrogens with two attached hydrogens (primary N) is 1. The van der Waals surface area contributed by atoms with E-state index in [1.807, 2.05) is 11.7 Å². The molecule has 1 unspecified atom stereocenters. The van der Waals surface area contributed by atoms with Gasteiger partial charge in [0.25, 0.3) is 0 Å². The summed E-state index contributed by atoms with van der Waals surface area (Å²) in [5, 5.41) is 4.49. The molecular formula is C15H21N3. The van der Waals surface area contributed by atoms with Gasteiger partial charge in [0.1, 0.15) is 0 Å². The Morgan fingerprint density at radius 2 is 2.11 bits per heavy atom. The minimum atomic E-state index is 0.117. The molecule has 1 aromatic carbocycles. The molecule has 3 nitrogen and oxygen atoms in total. The molecule has 0 aliphatic carbocycles. The molecule has 0 saturated heterocycles. The normalized spacial score (nSPS) is 12.7. The van der Waals surface area contributed by atoms with Gasteiger partial charge in [-0.1, -0.05) is 32.0 Å². The van der Waals surface area contributed by atoms with E-state index in [1.54, 1.807) is 0 Å². The Morgan fingerprint density at radius 3 is 2.78 bits per heavy atom. The van der Waals surface area contributed by atoms with Gasteiger partial charge in [-0.2, -0.15) is 5.10 Å². The first-order valence-corrected chi connectivity index (χ1v) is 6.54. The van der Waals surface area contributed by atoms with Crippen molar-refractivity contribution in [2.24, 2.45) is 12.8 Å². The molecule has 18 heavy (non-hydrogen) atoms. The molecule has 1 atom stereocenters. The van der Waals surface area contributed by atoms with Gasteiger partial charge in [-0.3, -0.25) is 4.68 Å². The molecule has 1 aromatic heterocycles. The van der Waals surface area contributed by atoms with E-state index in [1.165, 1.54) is 16.7 Å². The number of nitrogens with zero attached hydrogens (tertiary/aromatic N) is 2. The molecule has 0 fully saturated rings. The predicted octanol–water partition coefficient (Wildman–Crippen LogP) is 3.06. The average molecular weight is 243 g/mol. The summed E-state index contributed by atoms with van der Waals surface area (Å²) in [5.74, 6) is 0. The highest BCUT2D eigenvalue weighted by atomic mass is 15.2. The number of benzene rings is 1. The fraction of sp³-hybridized carbons (Fsp3) is 0.400. The Balaban J connectivity index is 2.44. The summed E-state index contributed by atoms with van der Waals surface area (Å²) in [4.78, 5) is 0. The monoisotopic (exact) mass is 243 g/mol. The molecule has 2 aromatic rings. The molecule has 2 N–H and O–H groups in total. The van der Waals surface area contributed by atoms with Crippen LogP contribution >= 0.6 is 0 Å². The summed E-state index contributed by atoms with van der Waals surface area (Å²) >= 11 is 0. The van der Waals surface area contributed by atoms with Crippen molar-refractivity contribution < 1.29 is 0 Å². The summed E-state index contributed by atoms with van der Waals surface area (Å²) in [7, 11) is 1.96. The molecule has 0 radical (unpaired) electrons. The fourth-order valence-electron chi connectivity index (χ4n) is 2.21. The van der Waals surface area contributed by atoms with Crippen LogP contribution in [0.15, 0.2) is 30.5 Å². The second-order valence-corrected chi connectivity index (χ2v) is 4.66. The summed E-state index contributed by atoms with van der Waals surface area (Å²) in [6, 6.07) is 8.60. The lowest BCUT2D eigenvalue weighted by atomic mass is 9.98. The van der Waals surface area contributed by atoms with Crippen LogP contribution in [0.4, 0.5) is 0 Å². The topological polar surface area (TPSA) is 43.8 Å². The molecule has 2 rings (SSSR count). The second kappa shape index (κ2) is 5.36. The van der Waals surface area contributed by atoms with Gasteiger partial charge in [0.15, 0.2) is 0 Å². The van der Waals surface area contributed by atoms with Crippen molar-refractivity contribution in [2.45, 2.75) is 32.7 Å². The van der Waals surface area contributed by atoms with Gasteiger partial charge in [0.05, 0.1) is 5.69 Å². The minimum Gasteiger partial charge on any atom is -0.324 e. The van der Waals surface area contributed by atoms with E-state index in [-0.39, 0.29) is 6.04 Å². The third kappa shape index (κ3) is 2.46. The number of hydrogen-bond acceptors (Lipinski definition) is 2. The molecule has 96 valence electrons.